The molecular formula is C11H21N3. The molecule has 0 aromatic carbocycles. The number of hydrogen-bond donors (Lipinski definition) is 1. The summed E-state index contributed by atoms with van der Waals surface area (Å²) in [6, 6.07) is 0. The van der Waals surface area contributed by atoms with E-state index in [-0.39, 0.29) is 0 Å². The van der Waals surface area contributed by atoms with Gasteiger partial charge in [-0.25, -0.2) is 0 Å². The average Bonchev–Trinajstić information content (AvgIpc) is 2.48. The molecule has 0 bridgehead atoms. The highest BCUT2D eigenvalue weighted by molar-refractivity contribution is 5.15. The highest BCUT2D eigenvalue weighted by atomic mass is 15.3. The summed E-state index contributed by atoms with van der Waals surface area (Å²) in [5, 5.41) is 4.35. The fraction of sp³-hybridized carbons (Fsp3) is 0.727. The van der Waals surface area contributed by atoms with Crippen molar-refractivity contribution in [3.05, 3.63) is 17.5 Å². The van der Waals surface area contributed by atoms with Crippen molar-refractivity contribution in [1.82, 2.24) is 9.78 Å². The molecule has 1 aromatic rings. The number of nitrogens with two attached hydrogens (primary N) is 1. The second-order valence-electron chi connectivity index (χ2n) is 4.04. The van der Waals surface area contributed by atoms with Crippen LogP contribution in [0, 0.1) is 12.8 Å². The Morgan fingerprint density at radius 3 is 2.79 bits per heavy atom. The Morgan fingerprint density at radius 2 is 2.29 bits per heavy atom. The third kappa shape index (κ3) is 2.58. The molecule has 0 aliphatic rings. The first-order valence-corrected chi connectivity index (χ1v) is 5.40. The molecule has 0 aliphatic carbocycles. The van der Waals surface area contributed by atoms with Crippen LogP contribution in [0.25, 0.3) is 0 Å². The van der Waals surface area contributed by atoms with Crippen molar-refractivity contribution in [2.75, 3.05) is 0 Å². The molecule has 1 unspecified atom stereocenters. The summed E-state index contributed by atoms with van der Waals surface area (Å²) in [4.78, 5) is 0. The summed E-state index contributed by atoms with van der Waals surface area (Å²) < 4.78 is 2.07. The lowest BCUT2D eigenvalue weighted by Gasteiger charge is -2.11. The minimum Gasteiger partial charge on any atom is -0.326 e. The van der Waals surface area contributed by atoms with Gasteiger partial charge in [0, 0.05) is 24.3 Å². The lowest BCUT2D eigenvalue weighted by Crippen LogP contribution is -2.11. The molecule has 1 rings (SSSR count). The van der Waals surface area contributed by atoms with Crippen molar-refractivity contribution in [1.29, 1.82) is 0 Å². The molecule has 1 aromatic heterocycles. The summed E-state index contributed by atoms with van der Waals surface area (Å²) in [5.74, 6) is 0.698. The Kier molecular flexibility index (Phi) is 4.14. The van der Waals surface area contributed by atoms with Crippen molar-refractivity contribution in [3.63, 3.8) is 0 Å². The van der Waals surface area contributed by atoms with Crippen molar-refractivity contribution in [3.8, 4) is 0 Å². The Morgan fingerprint density at radius 1 is 1.57 bits per heavy atom. The minimum atomic E-state index is 0.591. The molecule has 14 heavy (non-hydrogen) atoms. The van der Waals surface area contributed by atoms with E-state index in [0.29, 0.717) is 12.5 Å². The van der Waals surface area contributed by atoms with Crippen LogP contribution in [-0.4, -0.2) is 9.78 Å². The van der Waals surface area contributed by atoms with Crippen LogP contribution in [0.2, 0.25) is 0 Å². The van der Waals surface area contributed by atoms with Gasteiger partial charge in [-0.3, -0.25) is 4.68 Å². The molecule has 0 fully saturated rings. The molecule has 2 N–H and O–H groups in total. The van der Waals surface area contributed by atoms with Crippen LogP contribution in [-0.2, 0) is 13.1 Å². The molecular weight excluding hydrogens is 174 g/mol. The first kappa shape index (κ1) is 11.2. The van der Waals surface area contributed by atoms with Gasteiger partial charge in [0.1, 0.15) is 0 Å². The zero-order valence-electron chi connectivity index (χ0n) is 9.45. The van der Waals surface area contributed by atoms with Gasteiger partial charge in [0.2, 0.25) is 0 Å². The molecule has 0 amide bonds. The molecule has 0 saturated carbocycles. The van der Waals surface area contributed by atoms with Crippen LogP contribution in [0.4, 0.5) is 0 Å². The first-order valence-electron chi connectivity index (χ1n) is 5.40. The van der Waals surface area contributed by atoms with E-state index in [1.165, 1.54) is 18.5 Å². The summed E-state index contributed by atoms with van der Waals surface area (Å²) >= 11 is 0. The summed E-state index contributed by atoms with van der Waals surface area (Å²) in [6.07, 6.45) is 4.39. The molecule has 3 heteroatoms. The summed E-state index contributed by atoms with van der Waals surface area (Å²) in [6.45, 7) is 8.19. The van der Waals surface area contributed by atoms with Gasteiger partial charge in [-0.15, -0.1) is 0 Å². The first-order chi connectivity index (χ1) is 6.69. The lowest BCUT2D eigenvalue weighted by atomic mass is 10.1. The zero-order chi connectivity index (χ0) is 10.6. The molecule has 0 spiro atoms. The monoisotopic (exact) mass is 195 g/mol. The summed E-state index contributed by atoms with van der Waals surface area (Å²) in [7, 11) is 0. The van der Waals surface area contributed by atoms with Gasteiger partial charge in [0.15, 0.2) is 0 Å². The second-order valence-corrected chi connectivity index (χ2v) is 4.04. The largest absolute Gasteiger partial charge is 0.326 e. The quantitative estimate of drug-likeness (QED) is 0.781. The van der Waals surface area contributed by atoms with Crippen LogP contribution in [0.1, 0.15) is 37.9 Å². The number of rotatable bonds is 5. The van der Waals surface area contributed by atoms with E-state index in [2.05, 4.69) is 30.6 Å². The Hall–Kier alpha value is -0.830. The molecule has 1 atom stereocenters. The van der Waals surface area contributed by atoms with Gasteiger partial charge in [-0.1, -0.05) is 20.3 Å². The van der Waals surface area contributed by atoms with Crippen LogP contribution in [0.3, 0.4) is 0 Å². The minimum absolute atomic E-state index is 0.591. The predicted molar refractivity (Wildman–Crippen MR) is 58.9 cm³/mol. The zero-order valence-corrected chi connectivity index (χ0v) is 9.45. The van der Waals surface area contributed by atoms with E-state index >= 15 is 0 Å². The smallest absolute Gasteiger partial charge is 0.0537 e. The van der Waals surface area contributed by atoms with Crippen LogP contribution < -0.4 is 5.73 Å². The van der Waals surface area contributed by atoms with Crippen LogP contribution in [0.5, 0.6) is 0 Å². The molecule has 0 radical (unpaired) electrons. The van der Waals surface area contributed by atoms with E-state index < -0.39 is 0 Å². The third-order valence-electron chi connectivity index (χ3n) is 2.69. The SMILES string of the molecule is CCCC(C)Cn1ncc(CN)c1C. The Balaban J connectivity index is 2.62. The normalized spacial score (nSPS) is 13.1. The molecule has 3 nitrogen and oxygen atoms in total. The fourth-order valence-electron chi connectivity index (χ4n) is 1.75. The topological polar surface area (TPSA) is 43.8 Å². The molecule has 0 saturated heterocycles. The van der Waals surface area contributed by atoms with E-state index in [4.69, 9.17) is 5.73 Å². The van der Waals surface area contributed by atoms with Crippen molar-refractivity contribution in [2.24, 2.45) is 11.7 Å². The number of nitrogens with zero attached hydrogens (tertiary/aromatic N) is 2. The van der Waals surface area contributed by atoms with Crippen LogP contribution >= 0.6 is 0 Å². The fourth-order valence-corrected chi connectivity index (χ4v) is 1.75. The van der Waals surface area contributed by atoms with Crippen molar-refractivity contribution < 1.29 is 0 Å². The maximum absolute atomic E-state index is 5.60. The number of hydrogen-bond acceptors (Lipinski definition) is 2. The molecule has 80 valence electrons. The molecule has 1 heterocycles. The van der Waals surface area contributed by atoms with E-state index in [1.54, 1.807) is 0 Å². The Labute approximate surface area is 86.3 Å². The third-order valence-corrected chi connectivity index (χ3v) is 2.69. The van der Waals surface area contributed by atoms with Crippen molar-refractivity contribution in [2.45, 2.75) is 46.7 Å². The van der Waals surface area contributed by atoms with E-state index in [0.717, 1.165) is 12.1 Å². The maximum atomic E-state index is 5.60. The van der Waals surface area contributed by atoms with Crippen molar-refractivity contribution >= 4 is 0 Å². The van der Waals surface area contributed by atoms with Gasteiger partial charge in [-0.2, -0.15) is 5.10 Å². The highest BCUT2D eigenvalue weighted by Gasteiger charge is 2.07. The predicted octanol–water partition coefficient (Wildman–Crippen LogP) is 2.09. The van der Waals surface area contributed by atoms with Gasteiger partial charge in [0.25, 0.3) is 0 Å². The van der Waals surface area contributed by atoms with Gasteiger partial charge in [0.05, 0.1) is 6.20 Å². The summed E-state index contributed by atoms with van der Waals surface area (Å²) in [5.41, 5.74) is 7.98. The van der Waals surface area contributed by atoms with Gasteiger partial charge < -0.3 is 5.73 Å². The maximum Gasteiger partial charge on any atom is 0.0537 e. The second kappa shape index (κ2) is 5.15. The highest BCUT2D eigenvalue weighted by Crippen LogP contribution is 2.12. The Bertz CT molecular complexity index is 278. The van der Waals surface area contributed by atoms with Crippen LogP contribution in [0.15, 0.2) is 6.20 Å². The standard InChI is InChI=1S/C11H21N3/c1-4-5-9(2)8-14-10(3)11(6-12)7-13-14/h7,9H,4-6,8,12H2,1-3H3. The number of aromatic nitrogens is 2. The molecule has 0 aliphatic heterocycles. The lowest BCUT2D eigenvalue weighted by molar-refractivity contribution is 0.415. The van der Waals surface area contributed by atoms with Gasteiger partial charge in [-0.05, 0) is 19.3 Å². The van der Waals surface area contributed by atoms with E-state index in [1.807, 2.05) is 6.20 Å². The van der Waals surface area contributed by atoms with Gasteiger partial charge >= 0.3 is 0 Å². The average molecular weight is 195 g/mol. The van der Waals surface area contributed by atoms with E-state index in [9.17, 15) is 0 Å².